The molecule has 0 radical (unpaired) electrons. The van der Waals surface area contributed by atoms with Crippen LogP contribution in [0.3, 0.4) is 0 Å². The predicted molar refractivity (Wildman–Crippen MR) is 88.4 cm³/mol. The lowest BCUT2D eigenvalue weighted by atomic mass is 10.2. The zero-order chi connectivity index (χ0) is 16.1. The molecular weight excluding hydrogens is 278 g/mol. The number of H-pyrrole nitrogens is 1. The molecule has 0 amide bonds. The van der Waals surface area contributed by atoms with E-state index < -0.39 is 0 Å². The van der Waals surface area contributed by atoms with E-state index in [1.807, 2.05) is 31.0 Å². The van der Waals surface area contributed by atoms with E-state index in [4.69, 9.17) is 15.9 Å². The number of hydrogen-bond donors (Lipinski definition) is 3. The third kappa shape index (κ3) is 3.99. The van der Waals surface area contributed by atoms with Gasteiger partial charge in [-0.15, -0.1) is 0 Å². The van der Waals surface area contributed by atoms with E-state index in [2.05, 4.69) is 16.8 Å². The molecule has 22 heavy (non-hydrogen) atoms. The largest absolute Gasteiger partial charge is 0.440 e. The highest BCUT2D eigenvalue weighted by Gasteiger charge is 2.01. The van der Waals surface area contributed by atoms with Crippen LogP contribution >= 0.6 is 0 Å². The van der Waals surface area contributed by atoms with Crippen LogP contribution in [-0.2, 0) is 0 Å². The van der Waals surface area contributed by atoms with Crippen LogP contribution in [0.25, 0.3) is 10.9 Å². The highest BCUT2D eigenvalue weighted by molar-refractivity contribution is 5.87. The fraction of sp³-hybridized carbons (Fsp3) is 0.125. The molecule has 6 heteroatoms. The van der Waals surface area contributed by atoms with Crippen LogP contribution < -0.4 is 10.5 Å². The summed E-state index contributed by atoms with van der Waals surface area (Å²) in [5.41, 5.74) is 7.85. The fourth-order valence-corrected chi connectivity index (χ4v) is 1.81. The number of nitrogens with two attached hydrogens (primary N) is 1. The molecule has 2 rings (SSSR count). The van der Waals surface area contributed by atoms with Crippen molar-refractivity contribution in [3.8, 4) is 5.75 Å². The summed E-state index contributed by atoms with van der Waals surface area (Å²) in [7, 11) is 1.86. The predicted octanol–water partition coefficient (Wildman–Crippen LogP) is 2.74. The first-order chi connectivity index (χ1) is 10.5. The quantitative estimate of drug-likeness (QED) is 0.449. The van der Waals surface area contributed by atoms with Gasteiger partial charge >= 0.3 is 0 Å². The third-order valence-electron chi connectivity index (χ3n) is 3.04. The molecule has 6 nitrogen and oxygen atoms in total. The summed E-state index contributed by atoms with van der Waals surface area (Å²) in [5.74, 6) is 0.628. The molecule has 114 valence electrons. The van der Waals surface area contributed by atoms with E-state index in [1.54, 1.807) is 30.6 Å². The lowest BCUT2D eigenvalue weighted by Crippen LogP contribution is -2.11. The van der Waals surface area contributed by atoms with Gasteiger partial charge in [-0.2, -0.15) is 5.10 Å². The number of rotatable bonds is 5. The molecule has 1 heterocycles. The van der Waals surface area contributed by atoms with Crippen molar-refractivity contribution in [2.24, 2.45) is 5.73 Å². The number of hydrogen-bond acceptors (Lipinski definition) is 5. The normalized spacial score (nSPS) is 11.8. The topological polar surface area (TPSA) is 91.0 Å². The Hall–Kier alpha value is -3.02. The maximum atomic E-state index is 7.85. The van der Waals surface area contributed by atoms with Gasteiger partial charge in [0, 0.05) is 36.1 Å². The highest BCUT2D eigenvalue weighted by Crippen LogP contribution is 2.18. The number of ether oxygens (including phenoxy) is 1. The highest BCUT2D eigenvalue weighted by atomic mass is 16.5. The van der Waals surface area contributed by atoms with Crippen LogP contribution in [0.2, 0.25) is 0 Å². The van der Waals surface area contributed by atoms with E-state index in [1.165, 1.54) is 0 Å². The fourth-order valence-electron chi connectivity index (χ4n) is 1.81. The summed E-state index contributed by atoms with van der Waals surface area (Å²) in [4.78, 5) is 1.83. The summed E-state index contributed by atoms with van der Waals surface area (Å²) in [6.45, 7) is 5.53. The third-order valence-corrected chi connectivity index (χ3v) is 3.04. The Morgan fingerprint density at radius 2 is 2.27 bits per heavy atom. The Morgan fingerprint density at radius 1 is 1.50 bits per heavy atom. The van der Waals surface area contributed by atoms with Gasteiger partial charge in [0.05, 0.1) is 11.7 Å². The van der Waals surface area contributed by atoms with Crippen molar-refractivity contribution in [1.82, 2.24) is 15.1 Å². The molecule has 2 aromatic rings. The first-order valence-electron chi connectivity index (χ1n) is 6.69. The SMILES string of the molecule is C=C(N)/C=C(\C)N(C)/C=C\C(=N)Oc1ccc2[nH]ncc2c1. The average molecular weight is 297 g/mol. The number of aromatic amines is 1. The molecule has 0 atom stereocenters. The molecule has 0 aliphatic carbocycles. The summed E-state index contributed by atoms with van der Waals surface area (Å²) >= 11 is 0. The Kier molecular flexibility index (Phi) is 4.63. The number of aromatic nitrogens is 2. The van der Waals surface area contributed by atoms with E-state index in [0.29, 0.717) is 11.4 Å². The zero-order valence-corrected chi connectivity index (χ0v) is 12.6. The molecule has 0 saturated carbocycles. The monoisotopic (exact) mass is 297 g/mol. The van der Waals surface area contributed by atoms with Gasteiger partial charge in [0.25, 0.3) is 0 Å². The second kappa shape index (κ2) is 6.62. The van der Waals surface area contributed by atoms with Crippen molar-refractivity contribution in [1.29, 1.82) is 5.41 Å². The summed E-state index contributed by atoms with van der Waals surface area (Å²) in [6, 6.07) is 5.48. The zero-order valence-electron chi connectivity index (χ0n) is 12.6. The van der Waals surface area contributed by atoms with Gasteiger partial charge in [-0.05, 0) is 31.2 Å². The van der Waals surface area contributed by atoms with Crippen LogP contribution in [-0.4, -0.2) is 28.0 Å². The molecule has 0 aliphatic heterocycles. The van der Waals surface area contributed by atoms with Gasteiger partial charge in [-0.25, -0.2) is 0 Å². The minimum Gasteiger partial charge on any atom is -0.440 e. The first-order valence-corrected chi connectivity index (χ1v) is 6.69. The van der Waals surface area contributed by atoms with Gasteiger partial charge in [0.15, 0.2) is 0 Å². The van der Waals surface area contributed by atoms with Gasteiger partial charge in [-0.1, -0.05) is 6.58 Å². The summed E-state index contributed by atoms with van der Waals surface area (Å²) in [6.07, 6.45) is 6.76. The Bertz CT molecular complexity index is 757. The van der Waals surface area contributed by atoms with Crippen molar-refractivity contribution >= 4 is 16.8 Å². The maximum Gasteiger partial charge on any atom is 0.213 e. The Labute approximate surface area is 129 Å². The maximum absolute atomic E-state index is 7.85. The van der Waals surface area contributed by atoms with Crippen molar-refractivity contribution in [3.63, 3.8) is 0 Å². The summed E-state index contributed by atoms with van der Waals surface area (Å²) < 4.78 is 5.47. The molecular formula is C16H19N5O. The second-order valence-corrected chi connectivity index (χ2v) is 4.87. The van der Waals surface area contributed by atoms with Crippen LogP contribution in [0.4, 0.5) is 0 Å². The minimum absolute atomic E-state index is 0.0362. The van der Waals surface area contributed by atoms with E-state index in [0.717, 1.165) is 16.6 Å². The van der Waals surface area contributed by atoms with Gasteiger partial charge < -0.3 is 15.4 Å². The summed E-state index contributed by atoms with van der Waals surface area (Å²) in [5, 5.41) is 15.6. The number of benzene rings is 1. The van der Waals surface area contributed by atoms with E-state index >= 15 is 0 Å². The average Bonchev–Trinajstić information content (AvgIpc) is 2.91. The van der Waals surface area contributed by atoms with Gasteiger partial charge in [-0.3, -0.25) is 10.5 Å². The number of nitrogens with zero attached hydrogens (tertiary/aromatic N) is 2. The lowest BCUT2D eigenvalue weighted by Gasteiger charge is -2.14. The lowest BCUT2D eigenvalue weighted by molar-refractivity contribution is 0.542. The number of fused-ring (bicyclic) bond motifs is 1. The number of nitrogens with one attached hydrogen (secondary N) is 2. The molecule has 1 aromatic heterocycles. The Balaban J connectivity index is 2.00. The standard InChI is InChI=1S/C16H19N5O/c1-11(17)8-12(2)21(3)7-6-16(18)22-14-4-5-15-13(9-14)10-19-20-15/h4-10,18H,1,17H2,2-3H3,(H,19,20)/b7-6-,12-8+,18-16?. The van der Waals surface area contributed by atoms with Crippen LogP contribution in [0.5, 0.6) is 5.75 Å². The van der Waals surface area contributed by atoms with E-state index in [-0.39, 0.29) is 5.90 Å². The molecule has 0 aliphatic rings. The minimum atomic E-state index is 0.0362. The molecule has 1 aromatic carbocycles. The first kappa shape index (κ1) is 15.4. The van der Waals surface area contributed by atoms with Crippen LogP contribution in [0, 0.1) is 5.41 Å². The van der Waals surface area contributed by atoms with Crippen molar-refractivity contribution in [2.75, 3.05) is 7.05 Å². The molecule has 0 unspecified atom stereocenters. The van der Waals surface area contributed by atoms with Crippen molar-refractivity contribution < 1.29 is 4.74 Å². The smallest absolute Gasteiger partial charge is 0.213 e. The van der Waals surface area contributed by atoms with Crippen molar-refractivity contribution in [3.05, 3.63) is 60.7 Å². The second-order valence-electron chi connectivity index (χ2n) is 4.87. The van der Waals surface area contributed by atoms with Gasteiger partial charge in [0.1, 0.15) is 5.75 Å². The molecule has 0 spiro atoms. The van der Waals surface area contributed by atoms with Crippen LogP contribution in [0.1, 0.15) is 6.92 Å². The number of allylic oxidation sites excluding steroid dienone is 2. The van der Waals surface area contributed by atoms with Crippen molar-refractivity contribution in [2.45, 2.75) is 6.92 Å². The van der Waals surface area contributed by atoms with Crippen LogP contribution in [0.15, 0.2) is 60.7 Å². The van der Waals surface area contributed by atoms with E-state index in [9.17, 15) is 0 Å². The molecule has 0 fully saturated rings. The molecule has 0 bridgehead atoms. The van der Waals surface area contributed by atoms with Gasteiger partial charge in [0.2, 0.25) is 5.90 Å². The Morgan fingerprint density at radius 3 is 3.00 bits per heavy atom. The molecule has 4 N–H and O–H groups in total. The molecule has 0 saturated heterocycles.